The SMILES string of the molecule is CC(=O)NCC1CCN(S(=O)(=O)CCCl)CC1. The average Bonchev–Trinajstić information content (AvgIpc) is 2.27. The van der Waals surface area contributed by atoms with Crippen molar-refractivity contribution < 1.29 is 13.2 Å². The Kier molecular flexibility index (Phi) is 5.69. The number of halogens is 1. The molecule has 1 aliphatic rings. The van der Waals surface area contributed by atoms with Crippen LogP contribution in [-0.4, -0.2) is 49.9 Å². The first-order valence-electron chi connectivity index (χ1n) is 5.74. The second-order valence-electron chi connectivity index (χ2n) is 4.28. The van der Waals surface area contributed by atoms with E-state index in [4.69, 9.17) is 11.6 Å². The van der Waals surface area contributed by atoms with Crippen LogP contribution >= 0.6 is 11.6 Å². The van der Waals surface area contributed by atoms with Gasteiger partial charge in [0.1, 0.15) is 0 Å². The van der Waals surface area contributed by atoms with Gasteiger partial charge in [0.2, 0.25) is 15.9 Å². The molecule has 0 aliphatic carbocycles. The van der Waals surface area contributed by atoms with Gasteiger partial charge in [-0.2, -0.15) is 0 Å². The molecule has 0 spiro atoms. The Morgan fingerprint density at radius 3 is 2.47 bits per heavy atom. The maximum Gasteiger partial charge on any atom is 0.216 e. The van der Waals surface area contributed by atoms with Crippen molar-refractivity contribution in [3.05, 3.63) is 0 Å². The van der Waals surface area contributed by atoms with Crippen molar-refractivity contribution in [2.75, 3.05) is 31.3 Å². The summed E-state index contributed by atoms with van der Waals surface area (Å²) >= 11 is 5.47. The van der Waals surface area contributed by atoms with Crippen molar-refractivity contribution in [3.63, 3.8) is 0 Å². The van der Waals surface area contributed by atoms with Crippen LogP contribution in [0.3, 0.4) is 0 Å². The number of hydrogen-bond acceptors (Lipinski definition) is 3. The maximum absolute atomic E-state index is 11.7. The lowest BCUT2D eigenvalue weighted by Gasteiger charge is -2.31. The Balaban J connectivity index is 2.38. The van der Waals surface area contributed by atoms with E-state index in [0.717, 1.165) is 12.8 Å². The molecule has 1 aliphatic heterocycles. The van der Waals surface area contributed by atoms with E-state index in [0.29, 0.717) is 25.6 Å². The van der Waals surface area contributed by atoms with Crippen molar-refractivity contribution in [2.45, 2.75) is 19.8 Å². The van der Waals surface area contributed by atoms with E-state index in [1.165, 1.54) is 11.2 Å². The molecular weight excluding hydrogens is 264 g/mol. The van der Waals surface area contributed by atoms with Crippen molar-refractivity contribution in [2.24, 2.45) is 5.92 Å². The Labute approximate surface area is 108 Å². The molecule has 0 unspecified atom stereocenters. The predicted octanol–water partition coefficient (Wildman–Crippen LogP) is 0.403. The van der Waals surface area contributed by atoms with Crippen LogP contribution in [0.2, 0.25) is 0 Å². The quantitative estimate of drug-likeness (QED) is 0.743. The highest BCUT2D eigenvalue weighted by atomic mass is 35.5. The van der Waals surface area contributed by atoms with Crippen LogP contribution in [0.5, 0.6) is 0 Å². The molecule has 0 radical (unpaired) electrons. The van der Waals surface area contributed by atoms with Crippen LogP contribution < -0.4 is 5.32 Å². The first-order valence-corrected chi connectivity index (χ1v) is 7.88. The summed E-state index contributed by atoms with van der Waals surface area (Å²) in [5.41, 5.74) is 0. The highest BCUT2D eigenvalue weighted by Crippen LogP contribution is 2.19. The second kappa shape index (κ2) is 6.56. The molecule has 7 heteroatoms. The van der Waals surface area contributed by atoms with E-state index >= 15 is 0 Å². The van der Waals surface area contributed by atoms with Gasteiger partial charge in [0, 0.05) is 32.4 Å². The van der Waals surface area contributed by atoms with Gasteiger partial charge < -0.3 is 5.32 Å². The number of hydrogen-bond donors (Lipinski definition) is 1. The minimum absolute atomic E-state index is 0.00488. The summed E-state index contributed by atoms with van der Waals surface area (Å²) in [6.07, 6.45) is 1.59. The fourth-order valence-electron chi connectivity index (χ4n) is 1.91. The molecule has 1 saturated heterocycles. The number of nitrogens with one attached hydrogen (secondary N) is 1. The zero-order valence-corrected chi connectivity index (χ0v) is 11.6. The molecule has 17 heavy (non-hydrogen) atoms. The van der Waals surface area contributed by atoms with E-state index < -0.39 is 10.0 Å². The number of carbonyl (C=O) groups is 1. The largest absolute Gasteiger partial charge is 0.356 e. The van der Waals surface area contributed by atoms with Gasteiger partial charge in [-0.1, -0.05) is 0 Å². The average molecular weight is 283 g/mol. The van der Waals surface area contributed by atoms with Crippen LogP contribution in [0.4, 0.5) is 0 Å². The first kappa shape index (κ1) is 14.7. The number of rotatable bonds is 5. The summed E-state index contributed by atoms with van der Waals surface area (Å²) in [7, 11) is -3.17. The summed E-state index contributed by atoms with van der Waals surface area (Å²) in [4.78, 5) is 10.8. The molecule has 0 atom stereocenters. The van der Waals surface area contributed by atoms with Crippen LogP contribution in [-0.2, 0) is 14.8 Å². The summed E-state index contributed by atoms with van der Waals surface area (Å²) in [5.74, 6) is 0.475. The van der Waals surface area contributed by atoms with E-state index in [1.807, 2.05) is 0 Å². The van der Waals surface area contributed by atoms with Crippen LogP contribution in [0, 0.1) is 5.92 Å². The molecule has 1 N–H and O–H groups in total. The van der Waals surface area contributed by atoms with Gasteiger partial charge in [-0.25, -0.2) is 12.7 Å². The van der Waals surface area contributed by atoms with E-state index in [1.54, 1.807) is 0 Å². The molecule has 1 rings (SSSR count). The standard InChI is InChI=1S/C10H19ClN2O3S/c1-9(14)12-8-10-2-5-13(6-3-10)17(15,16)7-4-11/h10H,2-8H2,1H3,(H,12,14). The zero-order chi connectivity index (χ0) is 12.9. The third-order valence-corrected chi connectivity index (χ3v) is 5.23. The van der Waals surface area contributed by atoms with Gasteiger partial charge in [-0.05, 0) is 18.8 Å². The summed E-state index contributed by atoms with van der Waals surface area (Å²) in [5, 5.41) is 2.77. The molecule has 1 heterocycles. The summed E-state index contributed by atoms with van der Waals surface area (Å²) in [6.45, 7) is 3.19. The molecule has 0 aromatic heterocycles. The number of nitrogens with zero attached hydrogens (tertiary/aromatic N) is 1. The molecule has 5 nitrogen and oxygen atoms in total. The lowest BCUT2D eigenvalue weighted by atomic mass is 9.98. The van der Waals surface area contributed by atoms with Crippen molar-refractivity contribution in [1.82, 2.24) is 9.62 Å². The number of carbonyl (C=O) groups excluding carboxylic acids is 1. The third kappa shape index (κ3) is 4.81. The van der Waals surface area contributed by atoms with Crippen LogP contribution in [0.1, 0.15) is 19.8 Å². The minimum atomic E-state index is -3.17. The van der Waals surface area contributed by atoms with Crippen LogP contribution in [0.15, 0.2) is 0 Å². The fraction of sp³-hybridized carbons (Fsp3) is 0.900. The zero-order valence-electron chi connectivity index (χ0n) is 9.99. The first-order chi connectivity index (χ1) is 7.95. The van der Waals surface area contributed by atoms with Gasteiger partial charge >= 0.3 is 0 Å². The van der Waals surface area contributed by atoms with Crippen molar-refractivity contribution in [1.29, 1.82) is 0 Å². The van der Waals surface area contributed by atoms with Gasteiger partial charge in [0.05, 0.1) is 5.75 Å². The highest BCUT2D eigenvalue weighted by Gasteiger charge is 2.27. The normalized spacial score (nSPS) is 19.2. The molecule has 0 bridgehead atoms. The molecular formula is C10H19ClN2O3S. The Morgan fingerprint density at radius 2 is 2.00 bits per heavy atom. The molecule has 0 saturated carbocycles. The fourth-order valence-corrected chi connectivity index (χ4v) is 3.71. The lowest BCUT2D eigenvalue weighted by Crippen LogP contribution is -2.42. The Bertz CT molecular complexity index is 351. The van der Waals surface area contributed by atoms with Gasteiger partial charge in [0.25, 0.3) is 0 Å². The number of amides is 1. The summed E-state index contributed by atoms with van der Waals surface area (Å²) < 4.78 is 25.0. The minimum Gasteiger partial charge on any atom is -0.356 e. The lowest BCUT2D eigenvalue weighted by molar-refractivity contribution is -0.119. The van der Waals surface area contributed by atoms with Gasteiger partial charge in [-0.15, -0.1) is 11.6 Å². The highest BCUT2D eigenvalue weighted by molar-refractivity contribution is 7.89. The Morgan fingerprint density at radius 1 is 1.41 bits per heavy atom. The third-order valence-electron chi connectivity index (χ3n) is 2.94. The van der Waals surface area contributed by atoms with E-state index in [2.05, 4.69) is 5.32 Å². The topological polar surface area (TPSA) is 66.5 Å². The maximum atomic E-state index is 11.7. The van der Waals surface area contributed by atoms with E-state index in [-0.39, 0.29) is 17.5 Å². The number of alkyl halides is 1. The van der Waals surface area contributed by atoms with Crippen molar-refractivity contribution in [3.8, 4) is 0 Å². The summed E-state index contributed by atoms with van der Waals surface area (Å²) in [6, 6.07) is 0. The smallest absolute Gasteiger partial charge is 0.216 e. The van der Waals surface area contributed by atoms with Gasteiger partial charge in [0.15, 0.2) is 0 Å². The molecule has 1 amide bonds. The van der Waals surface area contributed by atoms with E-state index in [9.17, 15) is 13.2 Å². The van der Waals surface area contributed by atoms with Gasteiger partial charge in [-0.3, -0.25) is 4.79 Å². The molecule has 0 aromatic carbocycles. The number of piperidine rings is 1. The van der Waals surface area contributed by atoms with Crippen molar-refractivity contribution >= 4 is 27.5 Å². The second-order valence-corrected chi connectivity index (χ2v) is 6.75. The number of sulfonamides is 1. The molecule has 0 aromatic rings. The predicted molar refractivity (Wildman–Crippen MR) is 67.5 cm³/mol. The molecule has 100 valence electrons. The monoisotopic (exact) mass is 282 g/mol. The molecule has 1 fully saturated rings. The van der Waals surface area contributed by atoms with Crippen LogP contribution in [0.25, 0.3) is 0 Å². The Hall–Kier alpha value is -0.330.